The highest BCUT2D eigenvalue weighted by molar-refractivity contribution is 7.89. The van der Waals surface area contributed by atoms with Crippen LogP contribution in [0, 0.1) is 0 Å². The molecule has 1 N–H and O–H groups in total. The molecule has 0 amide bonds. The number of rotatable bonds is 5. The van der Waals surface area contributed by atoms with Gasteiger partial charge in [0.15, 0.2) is 0 Å². The predicted octanol–water partition coefficient (Wildman–Crippen LogP) is -0.110. The molecule has 2 rings (SSSR count). The topological polar surface area (TPSA) is 79.0 Å². The average Bonchev–Trinajstić information content (AvgIpc) is 2.55. The van der Waals surface area contributed by atoms with Crippen LogP contribution in [0.3, 0.4) is 0 Å². The summed E-state index contributed by atoms with van der Waals surface area (Å²) in [4.78, 5) is 15.6. The Labute approximate surface area is 130 Å². The van der Waals surface area contributed by atoms with E-state index in [1.54, 1.807) is 18.2 Å². The van der Waals surface area contributed by atoms with Crippen molar-refractivity contribution in [1.82, 2.24) is 9.62 Å². The Morgan fingerprint density at radius 1 is 1.23 bits per heavy atom. The van der Waals surface area contributed by atoms with Crippen molar-refractivity contribution in [2.75, 3.05) is 51.8 Å². The second-order valence-corrected chi connectivity index (χ2v) is 6.87. The first-order chi connectivity index (χ1) is 10.5. The van der Waals surface area contributed by atoms with Crippen molar-refractivity contribution in [2.24, 2.45) is 0 Å². The number of hydrogen-bond acceptors (Lipinski definition) is 6. The highest BCUT2D eigenvalue weighted by Crippen LogP contribution is 2.25. The third-order valence-corrected chi connectivity index (χ3v) is 5.18. The van der Waals surface area contributed by atoms with Crippen molar-refractivity contribution in [3.05, 3.63) is 24.3 Å². The van der Waals surface area contributed by atoms with Gasteiger partial charge in [-0.1, -0.05) is 12.1 Å². The smallest absolute Gasteiger partial charge is 0.319 e. The van der Waals surface area contributed by atoms with Crippen LogP contribution < -0.4 is 9.62 Å². The molecule has 0 unspecified atom stereocenters. The molecule has 1 aromatic rings. The van der Waals surface area contributed by atoms with E-state index < -0.39 is 10.0 Å². The van der Waals surface area contributed by atoms with E-state index in [9.17, 15) is 13.2 Å². The second-order valence-electron chi connectivity index (χ2n) is 5.01. The molecule has 0 atom stereocenters. The number of sulfonamides is 1. The molecule has 0 saturated carbocycles. The molecule has 1 aliphatic heterocycles. The van der Waals surface area contributed by atoms with Gasteiger partial charge in [0.1, 0.15) is 4.90 Å². The fraction of sp³-hybridized carbons (Fsp3) is 0.500. The molecule has 1 heterocycles. The van der Waals surface area contributed by atoms with Gasteiger partial charge in [-0.15, -0.1) is 0 Å². The summed E-state index contributed by atoms with van der Waals surface area (Å²) < 4.78 is 31.2. The number of anilines is 1. The molecule has 0 aromatic heterocycles. The zero-order valence-electron chi connectivity index (χ0n) is 12.8. The van der Waals surface area contributed by atoms with Crippen LogP contribution in [-0.4, -0.2) is 66.2 Å². The molecule has 0 aliphatic carbocycles. The van der Waals surface area contributed by atoms with Gasteiger partial charge in [0.05, 0.1) is 19.3 Å². The number of para-hydroxylation sites is 1. The standard InChI is InChI=1S/C14H21N3O4S/c1-15-22(19,20)13-6-4-3-5-12(13)17-9-7-16(8-10-17)11-14(18)21-2/h3-6,15H,7-11H2,1-2H3. The Hall–Kier alpha value is -1.64. The highest BCUT2D eigenvalue weighted by atomic mass is 32.2. The fourth-order valence-corrected chi connectivity index (χ4v) is 3.40. The molecule has 7 nitrogen and oxygen atoms in total. The van der Waals surface area contributed by atoms with Crippen molar-refractivity contribution in [1.29, 1.82) is 0 Å². The third kappa shape index (κ3) is 3.76. The number of nitrogens with zero attached hydrogens (tertiary/aromatic N) is 2. The summed E-state index contributed by atoms with van der Waals surface area (Å²) in [5.41, 5.74) is 0.689. The molecule has 1 aliphatic rings. The quantitative estimate of drug-likeness (QED) is 0.760. The van der Waals surface area contributed by atoms with Crippen LogP contribution in [0.5, 0.6) is 0 Å². The van der Waals surface area contributed by atoms with Crippen molar-refractivity contribution in [2.45, 2.75) is 4.90 Å². The Kier molecular flexibility index (Phi) is 5.38. The lowest BCUT2D eigenvalue weighted by atomic mass is 10.2. The van der Waals surface area contributed by atoms with E-state index in [-0.39, 0.29) is 17.4 Å². The second kappa shape index (κ2) is 7.08. The summed E-state index contributed by atoms with van der Waals surface area (Å²) in [7, 11) is -0.718. The van der Waals surface area contributed by atoms with Gasteiger partial charge in [-0.05, 0) is 19.2 Å². The van der Waals surface area contributed by atoms with Crippen molar-refractivity contribution >= 4 is 21.7 Å². The zero-order valence-corrected chi connectivity index (χ0v) is 13.6. The largest absolute Gasteiger partial charge is 0.468 e. The molecule has 22 heavy (non-hydrogen) atoms. The van der Waals surface area contributed by atoms with E-state index in [2.05, 4.69) is 9.46 Å². The first-order valence-corrected chi connectivity index (χ1v) is 8.53. The number of ether oxygens (including phenoxy) is 1. The number of methoxy groups -OCH3 is 1. The number of esters is 1. The monoisotopic (exact) mass is 327 g/mol. The zero-order chi connectivity index (χ0) is 16.2. The van der Waals surface area contributed by atoms with Crippen molar-refractivity contribution in [3.8, 4) is 0 Å². The van der Waals surface area contributed by atoms with Crippen molar-refractivity contribution < 1.29 is 17.9 Å². The third-order valence-electron chi connectivity index (χ3n) is 3.72. The predicted molar refractivity (Wildman–Crippen MR) is 83.4 cm³/mol. The van der Waals surface area contributed by atoms with E-state index in [1.807, 2.05) is 15.9 Å². The molecule has 122 valence electrons. The van der Waals surface area contributed by atoms with Gasteiger partial charge in [-0.3, -0.25) is 9.69 Å². The highest BCUT2D eigenvalue weighted by Gasteiger charge is 2.24. The van der Waals surface area contributed by atoms with E-state index in [0.29, 0.717) is 31.9 Å². The first-order valence-electron chi connectivity index (χ1n) is 7.04. The molecule has 8 heteroatoms. The Bertz CT molecular complexity index is 625. The Balaban J connectivity index is 2.11. The maximum Gasteiger partial charge on any atom is 0.319 e. The minimum atomic E-state index is -3.49. The normalized spacial score (nSPS) is 16.5. The van der Waals surface area contributed by atoms with Crippen LogP contribution in [0.2, 0.25) is 0 Å². The van der Waals surface area contributed by atoms with Gasteiger partial charge < -0.3 is 9.64 Å². The van der Waals surface area contributed by atoms with E-state index in [4.69, 9.17) is 0 Å². The maximum absolute atomic E-state index is 12.1. The molecule has 1 fully saturated rings. The molecule has 0 radical (unpaired) electrons. The Morgan fingerprint density at radius 2 is 1.86 bits per heavy atom. The minimum absolute atomic E-state index is 0.258. The van der Waals surface area contributed by atoms with Crippen LogP contribution in [0.4, 0.5) is 5.69 Å². The lowest BCUT2D eigenvalue weighted by molar-refractivity contribution is -0.142. The fourth-order valence-electron chi connectivity index (χ4n) is 2.45. The van der Waals surface area contributed by atoms with Crippen LogP contribution in [-0.2, 0) is 19.6 Å². The lowest BCUT2D eigenvalue weighted by Gasteiger charge is -2.36. The number of nitrogens with one attached hydrogen (secondary N) is 1. The van der Waals surface area contributed by atoms with Gasteiger partial charge in [-0.2, -0.15) is 0 Å². The van der Waals surface area contributed by atoms with Crippen LogP contribution >= 0.6 is 0 Å². The summed E-state index contributed by atoms with van der Waals surface area (Å²) in [6, 6.07) is 6.94. The average molecular weight is 327 g/mol. The van der Waals surface area contributed by atoms with Gasteiger partial charge in [0.25, 0.3) is 0 Å². The van der Waals surface area contributed by atoms with Crippen LogP contribution in [0.1, 0.15) is 0 Å². The maximum atomic E-state index is 12.1. The summed E-state index contributed by atoms with van der Waals surface area (Å²) >= 11 is 0. The molecule has 0 bridgehead atoms. The number of carbonyl (C=O) groups excluding carboxylic acids is 1. The summed E-state index contributed by atoms with van der Waals surface area (Å²) in [6.07, 6.45) is 0. The van der Waals surface area contributed by atoms with Gasteiger partial charge in [-0.25, -0.2) is 13.1 Å². The molecule has 0 spiro atoms. The number of carbonyl (C=O) groups is 1. The molecule has 1 aromatic carbocycles. The Morgan fingerprint density at radius 3 is 2.45 bits per heavy atom. The SMILES string of the molecule is CNS(=O)(=O)c1ccccc1N1CCN(CC(=O)OC)CC1. The molecule has 1 saturated heterocycles. The number of benzene rings is 1. The van der Waals surface area contributed by atoms with Gasteiger partial charge in [0.2, 0.25) is 10.0 Å². The minimum Gasteiger partial charge on any atom is -0.468 e. The number of hydrogen-bond donors (Lipinski definition) is 1. The van der Waals surface area contributed by atoms with E-state index in [0.717, 1.165) is 0 Å². The van der Waals surface area contributed by atoms with E-state index >= 15 is 0 Å². The number of piperazine rings is 1. The van der Waals surface area contributed by atoms with Crippen LogP contribution in [0.25, 0.3) is 0 Å². The lowest BCUT2D eigenvalue weighted by Crippen LogP contribution is -2.48. The van der Waals surface area contributed by atoms with Gasteiger partial charge in [0, 0.05) is 26.2 Å². The van der Waals surface area contributed by atoms with Crippen molar-refractivity contribution in [3.63, 3.8) is 0 Å². The van der Waals surface area contributed by atoms with Gasteiger partial charge >= 0.3 is 5.97 Å². The first kappa shape index (κ1) is 16.7. The summed E-state index contributed by atoms with van der Waals surface area (Å²) in [6.45, 7) is 2.95. The summed E-state index contributed by atoms with van der Waals surface area (Å²) in [5, 5.41) is 0. The molecular weight excluding hydrogens is 306 g/mol. The van der Waals surface area contributed by atoms with E-state index in [1.165, 1.54) is 14.2 Å². The molecular formula is C14H21N3O4S. The van der Waals surface area contributed by atoms with Crippen LogP contribution in [0.15, 0.2) is 29.2 Å². The summed E-state index contributed by atoms with van der Waals surface area (Å²) in [5.74, 6) is -0.258.